The summed E-state index contributed by atoms with van der Waals surface area (Å²) in [6, 6.07) is 9.80. The van der Waals surface area contributed by atoms with E-state index in [1.54, 1.807) is 6.20 Å². The molecule has 0 unspecified atom stereocenters. The number of halogens is 1. The first-order chi connectivity index (χ1) is 7.66. The number of rotatable bonds is 2. The minimum atomic E-state index is 0.503. The van der Waals surface area contributed by atoms with Crippen LogP contribution in [0.4, 0.5) is 17.2 Å². The summed E-state index contributed by atoms with van der Waals surface area (Å²) in [5.41, 5.74) is 8.75. The van der Waals surface area contributed by atoms with Crippen molar-refractivity contribution in [2.45, 2.75) is 6.92 Å². The van der Waals surface area contributed by atoms with Crippen molar-refractivity contribution >= 4 is 33.1 Å². The van der Waals surface area contributed by atoms with Gasteiger partial charge < -0.3 is 11.1 Å². The molecule has 0 radical (unpaired) electrons. The number of nitrogens with zero attached hydrogens (tertiary/aromatic N) is 1. The van der Waals surface area contributed by atoms with E-state index in [9.17, 15) is 0 Å². The zero-order chi connectivity index (χ0) is 11.5. The molecule has 16 heavy (non-hydrogen) atoms. The normalized spacial score (nSPS) is 10.1. The van der Waals surface area contributed by atoms with E-state index >= 15 is 0 Å². The zero-order valence-corrected chi connectivity index (χ0v) is 10.5. The second kappa shape index (κ2) is 4.53. The predicted octanol–water partition coefficient (Wildman–Crippen LogP) is 3.48. The summed E-state index contributed by atoms with van der Waals surface area (Å²) in [7, 11) is 0. The Morgan fingerprint density at radius 2 is 2.12 bits per heavy atom. The molecule has 0 aliphatic rings. The van der Waals surface area contributed by atoms with E-state index in [1.165, 1.54) is 5.56 Å². The van der Waals surface area contributed by atoms with Crippen LogP contribution in [-0.2, 0) is 0 Å². The van der Waals surface area contributed by atoms with Crippen molar-refractivity contribution in [1.82, 2.24) is 4.98 Å². The van der Waals surface area contributed by atoms with Gasteiger partial charge in [0.25, 0.3) is 0 Å². The molecule has 0 saturated carbocycles. The number of aromatic nitrogens is 1. The van der Waals surface area contributed by atoms with Crippen LogP contribution in [0.5, 0.6) is 0 Å². The van der Waals surface area contributed by atoms with E-state index in [-0.39, 0.29) is 0 Å². The molecule has 0 saturated heterocycles. The lowest BCUT2D eigenvalue weighted by molar-refractivity contribution is 1.32. The van der Waals surface area contributed by atoms with Crippen molar-refractivity contribution in [2.24, 2.45) is 0 Å². The molecular weight excluding hydrogens is 266 g/mol. The molecule has 0 bridgehead atoms. The molecule has 82 valence electrons. The van der Waals surface area contributed by atoms with Crippen LogP contribution in [0.1, 0.15) is 5.56 Å². The van der Waals surface area contributed by atoms with Gasteiger partial charge in [0.15, 0.2) is 0 Å². The Bertz CT molecular complexity index is 511. The van der Waals surface area contributed by atoms with Crippen molar-refractivity contribution in [3.63, 3.8) is 0 Å². The molecule has 3 N–H and O–H groups in total. The number of hydrogen-bond donors (Lipinski definition) is 2. The Morgan fingerprint density at radius 3 is 2.81 bits per heavy atom. The highest BCUT2D eigenvalue weighted by Crippen LogP contribution is 2.24. The van der Waals surface area contributed by atoms with Crippen LogP contribution in [0.2, 0.25) is 0 Å². The Hall–Kier alpha value is -1.55. The highest BCUT2D eigenvalue weighted by molar-refractivity contribution is 9.10. The fraction of sp³-hybridized carbons (Fsp3) is 0.0833. The molecule has 4 heteroatoms. The van der Waals surface area contributed by atoms with Gasteiger partial charge >= 0.3 is 0 Å². The van der Waals surface area contributed by atoms with Crippen molar-refractivity contribution in [3.05, 3.63) is 46.6 Å². The number of nitrogen functional groups attached to an aromatic ring is 1. The smallest absolute Gasteiger partial charge is 0.147 e. The summed E-state index contributed by atoms with van der Waals surface area (Å²) in [6.07, 6.45) is 1.67. The van der Waals surface area contributed by atoms with Gasteiger partial charge in [-0.3, -0.25) is 0 Å². The topological polar surface area (TPSA) is 50.9 Å². The third-order valence-corrected chi connectivity index (χ3v) is 3.17. The average Bonchev–Trinajstić information content (AvgIpc) is 2.27. The first kappa shape index (κ1) is 11.0. The Kier molecular flexibility index (Phi) is 3.10. The van der Waals surface area contributed by atoms with Crippen LogP contribution >= 0.6 is 15.9 Å². The summed E-state index contributed by atoms with van der Waals surface area (Å²) in [5, 5.41) is 3.23. The van der Waals surface area contributed by atoms with Crippen molar-refractivity contribution in [2.75, 3.05) is 11.1 Å². The van der Waals surface area contributed by atoms with E-state index in [0.717, 1.165) is 15.8 Å². The van der Waals surface area contributed by atoms with Crippen LogP contribution in [0.3, 0.4) is 0 Å². The molecular formula is C12H12BrN3. The molecule has 2 aromatic rings. The molecule has 0 amide bonds. The Morgan fingerprint density at radius 1 is 1.31 bits per heavy atom. The van der Waals surface area contributed by atoms with Crippen LogP contribution < -0.4 is 11.1 Å². The number of nitrogens with two attached hydrogens (primary N) is 1. The molecule has 0 atom stereocenters. The van der Waals surface area contributed by atoms with E-state index in [1.807, 2.05) is 31.2 Å². The molecule has 0 aliphatic heterocycles. The summed E-state index contributed by atoms with van der Waals surface area (Å²) >= 11 is 3.46. The van der Waals surface area contributed by atoms with E-state index in [4.69, 9.17) is 5.73 Å². The third kappa shape index (κ3) is 2.33. The fourth-order valence-corrected chi connectivity index (χ4v) is 1.65. The minimum absolute atomic E-state index is 0.503. The highest BCUT2D eigenvalue weighted by Gasteiger charge is 2.01. The number of benzene rings is 1. The SMILES string of the molecule is Cc1cc(Nc2cccnc2N)ccc1Br. The fourth-order valence-electron chi connectivity index (χ4n) is 1.40. The largest absolute Gasteiger partial charge is 0.382 e. The first-order valence-corrected chi connectivity index (χ1v) is 5.70. The van der Waals surface area contributed by atoms with Crippen LogP contribution in [-0.4, -0.2) is 4.98 Å². The minimum Gasteiger partial charge on any atom is -0.382 e. The highest BCUT2D eigenvalue weighted by atomic mass is 79.9. The van der Waals surface area contributed by atoms with Crippen LogP contribution in [0.25, 0.3) is 0 Å². The lowest BCUT2D eigenvalue weighted by atomic mass is 10.2. The van der Waals surface area contributed by atoms with Gasteiger partial charge in [-0.1, -0.05) is 15.9 Å². The van der Waals surface area contributed by atoms with Crippen LogP contribution in [0, 0.1) is 6.92 Å². The maximum Gasteiger partial charge on any atom is 0.147 e. The number of pyridine rings is 1. The lowest BCUT2D eigenvalue weighted by Crippen LogP contribution is -1.98. The van der Waals surface area contributed by atoms with E-state index < -0.39 is 0 Å². The summed E-state index contributed by atoms with van der Waals surface area (Å²) in [4.78, 5) is 4.02. The Labute approximate surface area is 103 Å². The second-order valence-electron chi connectivity index (χ2n) is 3.53. The first-order valence-electron chi connectivity index (χ1n) is 4.90. The molecule has 1 aromatic heterocycles. The van der Waals surface area contributed by atoms with Gasteiger partial charge in [0.2, 0.25) is 0 Å². The molecule has 0 aliphatic carbocycles. The Balaban J connectivity index is 2.28. The summed E-state index contributed by atoms with van der Waals surface area (Å²) in [5.74, 6) is 0.503. The molecule has 0 fully saturated rings. The monoisotopic (exact) mass is 277 g/mol. The van der Waals surface area contributed by atoms with Gasteiger partial charge in [-0.05, 0) is 42.8 Å². The zero-order valence-electron chi connectivity index (χ0n) is 8.87. The lowest BCUT2D eigenvalue weighted by Gasteiger charge is -2.09. The van der Waals surface area contributed by atoms with Gasteiger partial charge in [-0.2, -0.15) is 0 Å². The number of nitrogens with one attached hydrogen (secondary N) is 1. The second-order valence-corrected chi connectivity index (χ2v) is 4.38. The number of aryl methyl sites for hydroxylation is 1. The van der Waals surface area contributed by atoms with Gasteiger partial charge in [-0.25, -0.2) is 4.98 Å². The van der Waals surface area contributed by atoms with Crippen molar-refractivity contribution in [1.29, 1.82) is 0 Å². The van der Waals surface area contributed by atoms with Crippen LogP contribution in [0.15, 0.2) is 41.0 Å². The van der Waals surface area contributed by atoms with Gasteiger partial charge in [0, 0.05) is 16.4 Å². The molecule has 1 aromatic carbocycles. The molecule has 3 nitrogen and oxygen atoms in total. The summed E-state index contributed by atoms with van der Waals surface area (Å²) in [6.45, 7) is 2.04. The maximum atomic E-state index is 5.75. The number of anilines is 3. The predicted molar refractivity (Wildman–Crippen MR) is 70.8 cm³/mol. The van der Waals surface area contributed by atoms with Gasteiger partial charge in [0.05, 0.1) is 5.69 Å². The molecule has 2 rings (SSSR count). The van der Waals surface area contributed by atoms with Crippen molar-refractivity contribution < 1.29 is 0 Å². The summed E-state index contributed by atoms with van der Waals surface area (Å²) < 4.78 is 1.09. The van der Waals surface area contributed by atoms with Gasteiger partial charge in [0.1, 0.15) is 5.82 Å². The molecule has 0 spiro atoms. The van der Waals surface area contributed by atoms with E-state index in [0.29, 0.717) is 5.82 Å². The standard InChI is InChI=1S/C12H12BrN3/c1-8-7-9(4-5-10(8)13)16-11-3-2-6-15-12(11)14/h2-7,16H,1H3,(H2,14,15). The van der Waals surface area contributed by atoms with Gasteiger partial charge in [-0.15, -0.1) is 0 Å². The van der Waals surface area contributed by atoms with Crippen molar-refractivity contribution in [3.8, 4) is 0 Å². The number of hydrogen-bond acceptors (Lipinski definition) is 3. The quantitative estimate of drug-likeness (QED) is 0.884. The molecule has 1 heterocycles. The maximum absolute atomic E-state index is 5.75. The van der Waals surface area contributed by atoms with E-state index in [2.05, 4.69) is 32.3 Å². The average molecular weight is 278 g/mol. The third-order valence-electron chi connectivity index (χ3n) is 2.28.